The molecule has 164 valence electrons. The van der Waals surface area contributed by atoms with Crippen molar-refractivity contribution >= 4 is 48.4 Å². The molecule has 0 saturated carbocycles. The first-order chi connectivity index (χ1) is 13.0. The molecule has 2 amide bonds. The molecule has 1 atom stereocenters. The lowest BCUT2D eigenvalue weighted by atomic mass is 9.81. The zero-order valence-corrected chi connectivity index (χ0v) is 19.6. The Bertz CT molecular complexity index is 680. The van der Waals surface area contributed by atoms with E-state index >= 15 is 0 Å². The van der Waals surface area contributed by atoms with Crippen molar-refractivity contribution in [3.8, 4) is 0 Å². The van der Waals surface area contributed by atoms with Crippen molar-refractivity contribution in [1.82, 2.24) is 20.5 Å². The second kappa shape index (κ2) is 12.0. The Morgan fingerprint density at radius 1 is 1.28 bits per heavy atom. The van der Waals surface area contributed by atoms with Crippen LogP contribution in [0.5, 0.6) is 0 Å². The number of amides is 2. The van der Waals surface area contributed by atoms with Gasteiger partial charge in [0.15, 0.2) is 0 Å². The minimum atomic E-state index is -0.244. The summed E-state index contributed by atoms with van der Waals surface area (Å²) in [6.45, 7) is 8.46. The second-order valence-corrected chi connectivity index (χ2v) is 9.22. The first-order valence-electron chi connectivity index (χ1n) is 9.88. The predicted octanol–water partition coefficient (Wildman–Crippen LogP) is 3.15. The van der Waals surface area contributed by atoms with Gasteiger partial charge < -0.3 is 15.5 Å². The molecule has 0 spiro atoms. The number of halogens is 2. The number of nitrogens with zero attached hydrogens (tertiary/aromatic N) is 2. The number of likely N-dealkylation sites (tertiary alicyclic amines) is 1. The van der Waals surface area contributed by atoms with Gasteiger partial charge in [-0.3, -0.25) is 9.59 Å². The maximum absolute atomic E-state index is 12.8. The molecule has 2 fully saturated rings. The molecule has 0 radical (unpaired) electrons. The van der Waals surface area contributed by atoms with Crippen LogP contribution in [0.25, 0.3) is 0 Å². The first kappa shape index (κ1) is 26.0. The number of rotatable bonds is 6. The third-order valence-electron chi connectivity index (χ3n) is 5.56. The summed E-state index contributed by atoms with van der Waals surface area (Å²) in [7, 11) is 0. The van der Waals surface area contributed by atoms with Crippen LogP contribution in [0.1, 0.15) is 49.9 Å². The standard InChI is InChI=1S/C20H30N4O2S.2ClH/c1-15(19(26)24-12-3-4-13-24)27-18-16(6-5-9-22-18)17(25)23-14-20(2)7-10-21-11-8-20;;/h5-6,9,15,21H,3-4,7-8,10-14H2,1-2H3,(H,23,25);2*1H. The van der Waals surface area contributed by atoms with E-state index < -0.39 is 0 Å². The van der Waals surface area contributed by atoms with Gasteiger partial charge in [-0.05, 0) is 63.2 Å². The van der Waals surface area contributed by atoms with Crippen molar-refractivity contribution in [2.45, 2.75) is 49.8 Å². The van der Waals surface area contributed by atoms with Gasteiger partial charge in [0.25, 0.3) is 5.91 Å². The summed E-state index contributed by atoms with van der Waals surface area (Å²) in [5, 5.41) is 6.84. The molecule has 3 heterocycles. The summed E-state index contributed by atoms with van der Waals surface area (Å²) in [4.78, 5) is 31.7. The van der Waals surface area contributed by atoms with Crippen molar-refractivity contribution in [3.63, 3.8) is 0 Å². The zero-order valence-electron chi connectivity index (χ0n) is 17.1. The summed E-state index contributed by atoms with van der Waals surface area (Å²) >= 11 is 1.38. The predicted molar refractivity (Wildman–Crippen MR) is 122 cm³/mol. The number of piperidine rings is 1. The van der Waals surface area contributed by atoms with Crippen molar-refractivity contribution in [1.29, 1.82) is 0 Å². The Labute approximate surface area is 190 Å². The van der Waals surface area contributed by atoms with Gasteiger partial charge in [0.1, 0.15) is 5.03 Å². The maximum atomic E-state index is 12.8. The summed E-state index contributed by atoms with van der Waals surface area (Å²) in [6, 6.07) is 3.57. The smallest absolute Gasteiger partial charge is 0.254 e. The molecule has 0 aliphatic carbocycles. The highest BCUT2D eigenvalue weighted by molar-refractivity contribution is 8.00. The highest BCUT2D eigenvalue weighted by Crippen LogP contribution is 2.29. The number of carbonyl (C=O) groups excluding carboxylic acids is 2. The van der Waals surface area contributed by atoms with Crippen LogP contribution in [-0.4, -0.2) is 59.7 Å². The van der Waals surface area contributed by atoms with Gasteiger partial charge in [-0.1, -0.05) is 18.7 Å². The summed E-state index contributed by atoms with van der Waals surface area (Å²) < 4.78 is 0. The average Bonchev–Trinajstić information content (AvgIpc) is 3.21. The summed E-state index contributed by atoms with van der Waals surface area (Å²) in [5.41, 5.74) is 0.691. The summed E-state index contributed by atoms with van der Waals surface area (Å²) in [5.74, 6) is 0.0305. The van der Waals surface area contributed by atoms with Crippen LogP contribution in [-0.2, 0) is 4.79 Å². The van der Waals surface area contributed by atoms with Gasteiger partial charge in [-0.15, -0.1) is 24.8 Å². The Morgan fingerprint density at radius 2 is 1.93 bits per heavy atom. The fraction of sp³-hybridized carbons (Fsp3) is 0.650. The maximum Gasteiger partial charge on any atom is 0.254 e. The lowest BCUT2D eigenvalue weighted by Gasteiger charge is -2.34. The van der Waals surface area contributed by atoms with E-state index in [0.717, 1.165) is 51.9 Å². The van der Waals surface area contributed by atoms with Gasteiger partial charge in [-0.25, -0.2) is 4.98 Å². The van der Waals surface area contributed by atoms with Crippen molar-refractivity contribution in [3.05, 3.63) is 23.9 Å². The van der Waals surface area contributed by atoms with Crippen LogP contribution in [0.15, 0.2) is 23.4 Å². The van der Waals surface area contributed by atoms with Crippen LogP contribution in [0.4, 0.5) is 0 Å². The molecule has 0 bridgehead atoms. The number of carbonyl (C=O) groups is 2. The van der Waals surface area contributed by atoms with Gasteiger partial charge in [0, 0.05) is 25.8 Å². The Balaban J connectivity index is 0.00000210. The lowest BCUT2D eigenvalue weighted by molar-refractivity contribution is -0.129. The van der Waals surface area contributed by atoms with Crippen LogP contribution >= 0.6 is 36.6 Å². The van der Waals surface area contributed by atoms with E-state index in [2.05, 4.69) is 22.5 Å². The molecule has 29 heavy (non-hydrogen) atoms. The normalized spacial score (nSPS) is 18.9. The molecule has 1 aromatic rings. The molecule has 0 aromatic carbocycles. The minimum absolute atomic E-state index is 0. The van der Waals surface area contributed by atoms with Gasteiger partial charge in [-0.2, -0.15) is 0 Å². The quantitative estimate of drug-likeness (QED) is 0.635. The van der Waals surface area contributed by atoms with E-state index in [0.29, 0.717) is 17.1 Å². The number of hydrogen-bond donors (Lipinski definition) is 2. The van der Waals surface area contributed by atoms with Crippen molar-refractivity contribution in [2.75, 3.05) is 32.7 Å². The number of thioether (sulfide) groups is 1. The molecule has 1 aromatic heterocycles. The third-order valence-corrected chi connectivity index (χ3v) is 6.66. The van der Waals surface area contributed by atoms with Crippen molar-refractivity contribution in [2.24, 2.45) is 5.41 Å². The molecule has 9 heteroatoms. The molecule has 2 aliphatic rings. The monoisotopic (exact) mass is 462 g/mol. The molecule has 2 saturated heterocycles. The van der Waals surface area contributed by atoms with Gasteiger partial charge >= 0.3 is 0 Å². The fourth-order valence-electron chi connectivity index (χ4n) is 3.67. The zero-order chi connectivity index (χ0) is 19.3. The molecule has 6 nitrogen and oxygen atoms in total. The molecule has 3 rings (SSSR count). The molecule has 1 unspecified atom stereocenters. The highest BCUT2D eigenvalue weighted by Gasteiger charge is 2.29. The first-order valence-corrected chi connectivity index (χ1v) is 10.8. The van der Waals surface area contributed by atoms with Crippen LogP contribution in [0, 0.1) is 5.41 Å². The fourth-order valence-corrected chi connectivity index (χ4v) is 4.66. The highest BCUT2D eigenvalue weighted by atomic mass is 35.5. The van der Waals surface area contributed by atoms with Gasteiger partial charge in [0.2, 0.25) is 5.91 Å². The van der Waals surface area contributed by atoms with Crippen molar-refractivity contribution < 1.29 is 9.59 Å². The van der Waals surface area contributed by atoms with E-state index in [1.165, 1.54) is 11.8 Å². The summed E-state index contributed by atoms with van der Waals surface area (Å²) in [6.07, 6.45) is 5.95. The Morgan fingerprint density at radius 3 is 2.59 bits per heavy atom. The molecular formula is C20H32Cl2N4O2S. The number of hydrogen-bond acceptors (Lipinski definition) is 5. The van der Waals surface area contributed by atoms with Gasteiger partial charge in [0.05, 0.1) is 10.8 Å². The number of pyridine rings is 1. The van der Waals surface area contributed by atoms with Crippen LogP contribution in [0.3, 0.4) is 0 Å². The van der Waals surface area contributed by atoms with Crippen LogP contribution < -0.4 is 10.6 Å². The third kappa shape index (κ3) is 7.02. The lowest BCUT2D eigenvalue weighted by Crippen LogP contribution is -2.43. The Kier molecular flexibility index (Phi) is 10.8. The Hall–Kier alpha value is -1.02. The molecule has 2 N–H and O–H groups in total. The minimum Gasteiger partial charge on any atom is -0.351 e. The largest absolute Gasteiger partial charge is 0.351 e. The van der Waals surface area contributed by atoms with E-state index in [9.17, 15) is 9.59 Å². The number of nitrogens with one attached hydrogen (secondary N) is 2. The number of aromatic nitrogens is 1. The van der Waals surface area contributed by atoms with E-state index in [4.69, 9.17) is 0 Å². The van der Waals surface area contributed by atoms with E-state index in [1.54, 1.807) is 18.3 Å². The van der Waals surface area contributed by atoms with E-state index in [1.807, 2.05) is 11.8 Å². The van der Waals surface area contributed by atoms with Crippen LogP contribution in [0.2, 0.25) is 0 Å². The topological polar surface area (TPSA) is 74.3 Å². The molecule has 2 aliphatic heterocycles. The molecular weight excluding hydrogens is 431 g/mol. The SMILES string of the molecule is CC(Sc1ncccc1C(=O)NCC1(C)CCNCC1)C(=O)N1CCCC1.Cl.Cl. The second-order valence-electron chi connectivity index (χ2n) is 7.89. The van der Waals surface area contributed by atoms with E-state index in [-0.39, 0.29) is 47.3 Å². The average molecular weight is 463 g/mol.